The van der Waals surface area contributed by atoms with Crippen LogP contribution in [0.3, 0.4) is 0 Å². The van der Waals surface area contributed by atoms with Crippen molar-refractivity contribution in [2.45, 2.75) is 26.5 Å². The number of anilines is 3. The summed E-state index contributed by atoms with van der Waals surface area (Å²) >= 11 is 1.28. The summed E-state index contributed by atoms with van der Waals surface area (Å²) < 4.78 is 15.4. The number of pyridine rings is 1. The molecule has 2 fully saturated rings. The van der Waals surface area contributed by atoms with E-state index in [1.54, 1.807) is 17.0 Å². The number of hydrogen-bond acceptors (Lipinski definition) is 10. The number of piperazine rings is 1. The van der Waals surface area contributed by atoms with Gasteiger partial charge in [0.05, 0.1) is 29.4 Å². The lowest BCUT2D eigenvalue weighted by molar-refractivity contribution is -0.142. The van der Waals surface area contributed by atoms with E-state index in [1.165, 1.54) is 23.5 Å². The number of benzene rings is 1. The van der Waals surface area contributed by atoms with E-state index >= 15 is 0 Å². The normalized spacial score (nSPS) is 16.1. The molecule has 42 heavy (non-hydrogen) atoms. The van der Waals surface area contributed by atoms with Crippen LogP contribution in [0.15, 0.2) is 30.3 Å². The number of aryl methyl sites for hydroxylation is 2. The molecule has 11 nitrogen and oxygen atoms in total. The molecule has 3 aromatic heterocycles. The van der Waals surface area contributed by atoms with Crippen LogP contribution in [0.2, 0.25) is 0 Å². The first-order valence-electron chi connectivity index (χ1n) is 14.0. The maximum Gasteiger partial charge on any atom is 0.236 e. The van der Waals surface area contributed by atoms with Crippen LogP contribution >= 0.6 is 11.3 Å². The summed E-state index contributed by atoms with van der Waals surface area (Å²) in [5, 5.41) is 25.6. The van der Waals surface area contributed by atoms with E-state index in [0.29, 0.717) is 53.1 Å². The first-order chi connectivity index (χ1) is 20.2. The Bertz CT molecular complexity index is 1670. The second-order valence-corrected chi connectivity index (χ2v) is 11.6. The Hall–Kier alpha value is -4.12. The van der Waals surface area contributed by atoms with Gasteiger partial charge < -0.3 is 19.8 Å². The molecule has 1 N–H and O–H groups in total. The topological polar surface area (TPSA) is 118 Å². The highest BCUT2D eigenvalue weighted by Crippen LogP contribution is 2.39. The van der Waals surface area contributed by atoms with Crippen molar-refractivity contribution >= 4 is 44.9 Å². The summed E-state index contributed by atoms with van der Waals surface area (Å²) in [5.41, 5.74) is 3.74. The highest BCUT2D eigenvalue weighted by Gasteiger charge is 2.31. The van der Waals surface area contributed by atoms with Crippen molar-refractivity contribution in [2.75, 3.05) is 62.7 Å². The molecule has 2 aliphatic rings. The fourth-order valence-corrected chi connectivity index (χ4v) is 6.39. The van der Waals surface area contributed by atoms with Crippen molar-refractivity contribution in [3.63, 3.8) is 0 Å². The predicted molar refractivity (Wildman–Crippen MR) is 159 cm³/mol. The summed E-state index contributed by atoms with van der Waals surface area (Å²) in [5.74, 6) is 0.548. The molecule has 218 valence electrons. The molecule has 4 aromatic rings. The van der Waals surface area contributed by atoms with Crippen molar-refractivity contribution in [2.24, 2.45) is 0 Å². The summed E-state index contributed by atoms with van der Waals surface area (Å²) in [7, 11) is 1.91. The third kappa shape index (κ3) is 5.17. The van der Waals surface area contributed by atoms with Crippen LogP contribution in [0.1, 0.15) is 17.5 Å². The molecule has 1 amide bonds. The number of aliphatic hydroxyl groups excluding tert-OH is 1. The van der Waals surface area contributed by atoms with Gasteiger partial charge in [0.1, 0.15) is 28.3 Å². The molecule has 0 radical (unpaired) electrons. The number of nitriles is 1. The lowest BCUT2D eigenvalue weighted by Gasteiger charge is -2.40. The Balaban J connectivity index is 1.26. The summed E-state index contributed by atoms with van der Waals surface area (Å²) in [6.45, 7) is 8.88. The largest absolute Gasteiger partial charge is 0.389 e. The predicted octanol–water partition coefficient (Wildman–Crippen LogP) is 2.99. The molecule has 1 aromatic carbocycles. The van der Waals surface area contributed by atoms with Gasteiger partial charge in [-0.2, -0.15) is 10.4 Å². The Morgan fingerprint density at radius 2 is 1.90 bits per heavy atom. The zero-order valence-corrected chi connectivity index (χ0v) is 24.6. The summed E-state index contributed by atoms with van der Waals surface area (Å²) in [6, 6.07) is 10.4. The monoisotopic (exact) mass is 589 g/mol. The number of carbonyl (C=O) groups excluding carboxylic acids is 1. The third-order valence-corrected chi connectivity index (χ3v) is 8.93. The Morgan fingerprint density at radius 3 is 2.55 bits per heavy atom. The molecule has 2 saturated heterocycles. The number of halogens is 1. The van der Waals surface area contributed by atoms with Gasteiger partial charge in [-0.05, 0) is 44.2 Å². The van der Waals surface area contributed by atoms with Crippen LogP contribution in [-0.2, 0) is 11.3 Å². The van der Waals surface area contributed by atoms with Crippen molar-refractivity contribution in [1.82, 2.24) is 29.5 Å². The smallest absolute Gasteiger partial charge is 0.236 e. The number of thiazole rings is 1. The number of carbonyl (C=O) groups is 1. The van der Waals surface area contributed by atoms with Crippen LogP contribution in [0.4, 0.5) is 21.0 Å². The first kappa shape index (κ1) is 28.0. The molecule has 0 saturated carbocycles. The molecule has 0 bridgehead atoms. The molecular weight excluding hydrogens is 557 g/mol. The number of likely N-dealkylation sites (tertiary alicyclic amines) is 1. The van der Waals surface area contributed by atoms with Crippen LogP contribution in [-0.4, -0.2) is 99.5 Å². The van der Waals surface area contributed by atoms with Crippen LogP contribution < -0.4 is 9.80 Å². The number of rotatable bonds is 7. The quantitative estimate of drug-likeness (QED) is 0.347. The molecule has 0 unspecified atom stereocenters. The second kappa shape index (κ2) is 11.3. The van der Waals surface area contributed by atoms with Gasteiger partial charge >= 0.3 is 0 Å². The van der Waals surface area contributed by atoms with E-state index in [9.17, 15) is 19.6 Å². The van der Waals surface area contributed by atoms with E-state index < -0.39 is 6.10 Å². The van der Waals surface area contributed by atoms with E-state index in [1.807, 2.05) is 30.5 Å². The number of aromatic nitrogens is 4. The van der Waals surface area contributed by atoms with Crippen LogP contribution in [0.5, 0.6) is 0 Å². The van der Waals surface area contributed by atoms with E-state index in [0.717, 1.165) is 48.8 Å². The number of fused-ring (bicyclic) bond motifs is 1. The standard InChI is InChI=1S/C29H32FN9O2S/c1-4-39-28(35(3)29-33-26(24(14-31)42-29)19-5-7-20(30)8-6-19)22-13-23(18(2)32-27(22)34-39)37-11-9-36(10-12-37)17-25(41)38-15-21(40)16-38/h5-8,13,21,40H,4,9-12,15-17H2,1-3H3. The molecule has 5 heterocycles. The van der Waals surface area contributed by atoms with E-state index in [-0.39, 0.29) is 11.7 Å². The Kier molecular flexibility index (Phi) is 7.53. The van der Waals surface area contributed by atoms with E-state index in [4.69, 9.17) is 15.1 Å². The minimum Gasteiger partial charge on any atom is -0.389 e. The lowest BCUT2D eigenvalue weighted by Crippen LogP contribution is -2.57. The molecule has 0 atom stereocenters. The molecule has 6 rings (SSSR count). The minimum atomic E-state index is -0.391. The Labute approximate surface area is 247 Å². The maximum absolute atomic E-state index is 13.5. The lowest BCUT2D eigenvalue weighted by atomic mass is 10.1. The van der Waals surface area contributed by atoms with Gasteiger partial charge in [0.15, 0.2) is 10.8 Å². The summed E-state index contributed by atoms with van der Waals surface area (Å²) in [6.07, 6.45) is -0.391. The zero-order chi connectivity index (χ0) is 29.5. The van der Waals surface area contributed by atoms with Gasteiger partial charge in [-0.25, -0.2) is 19.0 Å². The molecule has 2 aliphatic heterocycles. The van der Waals surface area contributed by atoms with Gasteiger partial charge in [-0.15, -0.1) is 0 Å². The number of hydrogen-bond donors (Lipinski definition) is 1. The van der Waals surface area contributed by atoms with Crippen molar-refractivity contribution in [3.8, 4) is 17.3 Å². The highest BCUT2D eigenvalue weighted by molar-refractivity contribution is 7.16. The van der Waals surface area contributed by atoms with Gasteiger partial charge in [0.25, 0.3) is 0 Å². The average Bonchev–Trinajstić information content (AvgIpc) is 3.57. The zero-order valence-electron chi connectivity index (χ0n) is 23.8. The fourth-order valence-electron chi connectivity index (χ4n) is 5.54. The van der Waals surface area contributed by atoms with Crippen molar-refractivity contribution < 1.29 is 14.3 Å². The number of aliphatic hydroxyl groups is 1. The van der Waals surface area contributed by atoms with Crippen molar-refractivity contribution in [3.05, 3.63) is 46.7 Å². The van der Waals surface area contributed by atoms with Crippen LogP contribution in [0, 0.1) is 24.1 Å². The molecule has 0 aliphatic carbocycles. The minimum absolute atomic E-state index is 0.0667. The van der Waals surface area contributed by atoms with Gasteiger partial charge in [0, 0.05) is 58.4 Å². The highest BCUT2D eigenvalue weighted by atomic mass is 32.1. The average molecular weight is 590 g/mol. The molecular formula is C29H32FN9O2S. The molecule has 13 heteroatoms. The number of nitrogens with zero attached hydrogens (tertiary/aromatic N) is 9. The number of amides is 1. The van der Waals surface area contributed by atoms with Crippen LogP contribution in [0.25, 0.3) is 22.3 Å². The molecule has 0 spiro atoms. The van der Waals surface area contributed by atoms with E-state index in [2.05, 4.69) is 21.9 Å². The SMILES string of the molecule is CCn1nc2nc(C)c(N3CCN(CC(=O)N4CC(O)C4)CC3)cc2c1N(C)c1nc(-c2ccc(F)cc2)c(C#N)s1. The second-order valence-electron chi connectivity index (χ2n) is 10.7. The van der Waals surface area contributed by atoms with Gasteiger partial charge in [0.2, 0.25) is 5.91 Å². The fraction of sp³-hybridized carbons (Fsp3) is 0.414. The number of β-amino-alcohol motifs (C(OH)–C–C–N with tert-alkyl or cyclic N) is 1. The third-order valence-electron chi connectivity index (χ3n) is 7.89. The Morgan fingerprint density at radius 1 is 1.19 bits per heavy atom. The van der Waals surface area contributed by atoms with Gasteiger partial charge in [-0.3, -0.25) is 9.69 Å². The maximum atomic E-state index is 13.5. The first-order valence-corrected chi connectivity index (χ1v) is 14.8. The summed E-state index contributed by atoms with van der Waals surface area (Å²) in [4.78, 5) is 30.7. The van der Waals surface area contributed by atoms with Gasteiger partial charge in [-0.1, -0.05) is 11.3 Å². The van der Waals surface area contributed by atoms with Crippen molar-refractivity contribution in [1.29, 1.82) is 5.26 Å².